The second kappa shape index (κ2) is 12.0. The van der Waals surface area contributed by atoms with Crippen molar-refractivity contribution >= 4 is 23.5 Å². The molecule has 196 valence electrons. The number of nitrogens with two attached hydrogens (primary N) is 1. The van der Waals surface area contributed by atoms with Gasteiger partial charge in [-0.3, -0.25) is 9.93 Å². The third kappa shape index (κ3) is 6.17. The Labute approximate surface area is 228 Å². The number of imidazole rings is 1. The fourth-order valence-corrected chi connectivity index (χ4v) is 5.42. The average Bonchev–Trinajstić information content (AvgIpc) is 3.67. The standard InChI is InChI=1S/C25H27N3O.C6H6FNS/c1-27-14-13-26-24(27)17-28(21-12-11-18-7-5-6-10-20(18)15-21)25(29)23-16-22(23)19-8-3-2-4-9-19;7-5-1-3-6(9-8)4-2-5/h2-4,8-9,11-15,22-23H,5-7,10,16-17H2,1H3;1-4H,8H2/t22-,23+;/m1./s1. The van der Waals surface area contributed by atoms with Gasteiger partial charge in [-0.15, -0.1) is 0 Å². The van der Waals surface area contributed by atoms with E-state index in [2.05, 4.69) is 47.4 Å². The van der Waals surface area contributed by atoms with Gasteiger partial charge >= 0.3 is 0 Å². The van der Waals surface area contributed by atoms with Crippen LogP contribution in [0.4, 0.5) is 10.1 Å². The van der Waals surface area contributed by atoms with Gasteiger partial charge in [0.05, 0.1) is 6.54 Å². The van der Waals surface area contributed by atoms with Crippen LogP contribution in [0.15, 0.2) is 90.1 Å². The van der Waals surface area contributed by atoms with Gasteiger partial charge in [0.2, 0.25) is 5.91 Å². The quantitative estimate of drug-likeness (QED) is 0.293. The lowest BCUT2D eigenvalue weighted by molar-refractivity contribution is -0.120. The maximum atomic E-state index is 13.6. The summed E-state index contributed by atoms with van der Waals surface area (Å²) in [6.07, 6.45) is 9.45. The Morgan fingerprint density at radius 1 is 1.05 bits per heavy atom. The van der Waals surface area contributed by atoms with Crippen LogP contribution in [0.2, 0.25) is 0 Å². The van der Waals surface area contributed by atoms with E-state index in [9.17, 15) is 9.18 Å². The van der Waals surface area contributed by atoms with Crippen molar-refractivity contribution in [3.8, 4) is 0 Å². The van der Waals surface area contributed by atoms with Crippen molar-refractivity contribution < 1.29 is 9.18 Å². The van der Waals surface area contributed by atoms with Crippen molar-refractivity contribution in [2.45, 2.75) is 49.5 Å². The van der Waals surface area contributed by atoms with Gasteiger partial charge in [0.25, 0.3) is 0 Å². The fourth-order valence-electron chi connectivity index (χ4n) is 5.12. The topological polar surface area (TPSA) is 64.2 Å². The van der Waals surface area contributed by atoms with Crippen LogP contribution in [0.1, 0.15) is 47.7 Å². The molecule has 38 heavy (non-hydrogen) atoms. The molecule has 5 nitrogen and oxygen atoms in total. The number of halogens is 1. The van der Waals surface area contributed by atoms with E-state index in [1.54, 1.807) is 18.3 Å². The zero-order valence-corrected chi connectivity index (χ0v) is 22.4. The Morgan fingerprint density at radius 3 is 2.47 bits per heavy atom. The van der Waals surface area contributed by atoms with Crippen LogP contribution in [0.3, 0.4) is 0 Å². The Kier molecular flexibility index (Phi) is 8.25. The zero-order chi connectivity index (χ0) is 26.5. The molecule has 1 heterocycles. The van der Waals surface area contributed by atoms with Crippen molar-refractivity contribution in [2.24, 2.45) is 18.1 Å². The van der Waals surface area contributed by atoms with Gasteiger partial charge in [-0.05, 0) is 103 Å². The number of fused-ring (bicyclic) bond motifs is 1. The second-order valence-corrected chi connectivity index (χ2v) is 10.7. The van der Waals surface area contributed by atoms with Crippen LogP contribution in [0.25, 0.3) is 0 Å². The van der Waals surface area contributed by atoms with E-state index in [-0.39, 0.29) is 17.6 Å². The molecule has 1 saturated carbocycles. The van der Waals surface area contributed by atoms with Gasteiger partial charge < -0.3 is 9.47 Å². The smallest absolute Gasteiger partial charge is 0.231 e. The summed E-state index contributed by atoms with van der Waals surface area (Å²) >= 11 is 1.11. The molecule has 1 fully saturated rings. The summed E-state index contributed by atoms with van der Waals surface area (Å²) in [6, 6.07) is 23.1. The summed E-state index contributed by atoms with van der Waals surface area (Å²) in [4.78, 5) is 20.9. The highest BCUT2D eigenvalue weighted by atomic mass is 32.2. The van der Waals surface area contributed by atoms with E-state index in [0.29, 0.717) is 12.5 Å². The summed E-state index contributed by atoms with van der Waals surface area (Å²) in [5.41, 5.74) is 5.13. The first-order chi connectivity index (χ1) is 18.5. The van der Waals surface area contributed by atoms with Crippen LogP contribution < -0.4 is 10.0 Å². The Hall–Kier alpha value is -3.42. The van der Waals surface area contributed by atoms with Crippen LogP contribution in [0, 0.1) is 11.7 Å². The van der Waals surface area contributed by atoms with E-state index >= 15 is 0 Å². The summed E-state index contributed by atoms with van der Waals surface area (Å²) in [6.45, 7) is 0.513. The Balaban J connectivity index is 0.000000278. The molecular weight excluding hydrogens is 495 g/mol. The first-order valence-corrected chi connectivity index (χ1v) is 14.0. The number of amides is 1. The lowest BCUT2D eigenvalue weighted by atomic mass is 9.91. The van der Waals surface area contributed by atoms with Crippen LogP contribution in [-0.2, 0) is 31.2 Å². The maximum absolute atomic E-state index is 13.6. The number of aromatic nitrogens is 2. The molecule has 6 rings (SSSR count). The predicted octanol–water partition coefficient (Wildman–Crippen LogP) is 6.43. The van der Waals surface area contributed by atoms with E-state index in [0.717, 1.165) is 47.6 Å². The van der Waals surface area contributed by atoms with Gasteiger partial charge in [0.1, 0.15) is 11.6 Å². The van der Waals surface area contributed by atoms with Gasteiger partial charge in [0.15, 0.2) is 0 Å². The van der Waals surface area contributed by atoms with Crippen LogP contribution in [-0.4, -0.2) is 15.5 Å². The van der Waals surface area contributed by atoms with Crippen molar-refractivity contribution in [2.75, 3.05) is 4.90 Å². The van der Waals surface area contributed by atoms with Crippen molar-refractivity contribution in [1.29, 1.82) is 0 Å². The van der Waals surface area contributed by atoms with Gasteiger partial charge in [-0.1, -0.05) is 36.4 Å². The molecule has 0 bridgehead atoms. The molecule has 1 amide bonds. The molecule has 3 aromatic carbocycles. The van der Waals surface area contributed by atoms with Crippen molar-refractivity contribution in [1.82, 2.24) is 9.55 Å². The minimum absolute atomic E-state index is 0.0636. The molecule has 7 heteroatoms. The fraction of sp³-hybridized carbons (Fsp3) is 0.290. The lowest BCUT2D eigenvalue weighted by Gasteiger charge is -2.25. The minimum atomic E-state index is -0.229. The van der Waals surface area contributed by atoms with Crippen LogP contribution in [0.5, 0.6) is 0 Å². The van der Waals surface area contributed by atoms with E-state index in [1.807, 2.05) is 28.8 Å². The predicted molar refractivity (Wildman–Crippen MR) is 151 cm³/mol. The highest BCUT2D eigenvalue weighted by Crippen LogP contribution is 2.49. The van der Waals surface area contributed by atoms with Gasteiger partial charge in [-0.2, -0.15) is 0 Å². The molecule has 0 radical (unpaired) electrons. The third-order valence-corrected chi connectivity index (χ3v) is 7.96. The first kappa shape index (κ1) is 26.2. The van der Waals surface area contributed by atoms with E-state index < -0.39 is 0 Å². The zero-order valence-electron chi connectivity index (χ0n) is 21.6. The normalized spacial score (nSPS) is 17.7. The molecule has 2 N–H and O–H groups in total. The van der Waals surface area contributed by atoms with E-state index in [1.165, 1.54) is 41.7 Å². The minimum Gasteiger partial charge on any atom is -0.337 e. The molecule has 0 aliphatic heterocycles. The summed E-state index contributed by atoms with van der Waals surface area (Å²) in [7, 11) is 1.99. The number of hydrogen-bond acceptors (Lipinski definition) is 4. The van der Waals surface area contributed by atoms with Gasteiger partial charge in [0, 0.05) is 35.9 Å². The molecule has 0 unspecified atom stereocenters. The van der Waals surface area contributed by atoms with Crippen molar-refractivity contribution in [3.05, 3.63) is 114 Å². The Bertz CT molecular complexity index is 1370. The molecule has 0 spiro atoms. The highest BCUT2D eigenvalue weighted by molar-refractivity contribution is 7.97. The summed E-state index contributed by atoms with van der Waals surface area (Å²) in [5, 5.41) is 5.19. The molecule has 2 aliphatic carbocycles. The summed E-state index contributed by atoms with van der Waals surface area (Å²) in [5.74, 6) is 1.30. The molecule has 0 saturated heterocycles. The molecule has 2 atom stereocenters. The second-order valence-electron chi connectivity index (χ2n) is 9.97. The average molecular weight is 529 g/mol. The molecule has 2 aliphatic rings. The number of carbonyl (C=O) groups excluding carboxylic acids is 1. The van der Waals surface area contributed by atoms with E-state index in [4.69, 9.17) is 5.14 Å². The maximum Gasteiger partial charge on any atom is 0.231 e. The summed E-state index contributed by atoms with van der Waals surface area (Å²) < 4.78 is 14.2. The number of nitrogens with zero attached hydrogens (tertiary/aromatic N) is 3. The third-order valence-electron chi connectivity index (χ3n) is 7.42. The number of benzene rings is 3. The highest BCUT2D eigenvalue weighted by Gasteiger charge is 2.46. The molecular formula is C31H33FN4OS. The first-order valence-electron chi connectivity index (χ1n) is 13.1. The number of aryl methyl sites for hydroxylation is 3. The number of hydrogen-bond donors (Lipinski definition) is 1. The number of anilines is 1. The largest absolute Gasteiger partial charge is 0.337 e. The number of rotatable bonds is 6. The lowest BCUT2D eigenvalue weighted by Crippen LogP contribution is -2.33. The Morgan fingerprint density at radius 2 is 1.79 bits per heavy atom. The molecule has 4 aromatic rings. The molecule has 1 aromatic heterocycles. The van der Waals surface area contributed by atoms with Crippen LogP contribution >= 0.6 is 11.9 Å². The van der Waals surface area contributed by atoms with Crippen molar-refractivity contribution in [3.63, 3.8) is 0 Å². The van der Waals surface area contributed by atoms with Gasteiger partial charge in [-0.25, -0.2) is 9.37 Å². The SMILES string of the molecule is Cn1ccnc1CN(C(=O)[C@H]1C[C@@H]1c1ccccc1)c1ccc2c(c1)CCCC2.NSc1ccc(F)cc1. The monoisotopic (exact) mass is 528 g/mol. The number of carbonyl (C=O) groups is 1.